The minimum Gasteiger partial charge on any atom is -0.359 e. The van der Waals surface area contributed by atoms with Crippen LogP contribution in [0.4, 0.5) is 5.69 Å². The van der Waals surface area contributed by atoms with Crippen LogP contribution < -0.4 is 10.6 Å². The summed E-state index contributed by atoms with van der Waals surface area (Å²) in [5.74, 6) is -1.14. The first kappa shape index (κ1) is 27.7. The molecule has 1 aliphatic carbocycles. The lowest BCUT2D eigenvalue weighted by atomic mass is 9.73. The van der Waals surface area contributed by atoms with Crippen LogP contribution in [0.5, 0.6) is 0 Å². The number of nitrogens with zero attached hydrogens (tertiary/aromatic N) is 2. The van der Waals surface area contributed by atoms with Gasteiger partial charge >= 0.3 is 0 Å². The van der Waals surface area contributed by atoms with Gasteiger partial charge in [0.25, 0.3) is 0 Å². The summed E-state index contributed by atoms with van der Waals surface area (Å²) in [4.78, 5) is 46.0. The molecule has 6 rings (SSSR count). The highest BCUT2D eigenvalue weighted by molar-refractivity contribution is 6.30. The van der Waals surface area contributed by atoms with Gasteiger partial charge in [-0.1, -0.05) is 50.4 Å². The molecule has 216 valence electrons. The predicted octanol–water partition coefficient (Wildman–Crippen LogP) is 3.86. The fourth-order valence-electron chi connectivity index (χ4n) is 7.78. The fraction of sp³-hybridized carbons (Fsp3) is 0.645. The summed E-state index contributed by atoms with van der Waals surface area (Å²) >= 11 is 6.02. The van der Waals surface area contributed by atoms with Crippen molar-refractivity contribution in [3.8, 4) is 0 Å². The van der Waals surface area contributed by atoms with Crippen LogP contribution in [0.15, 0.2) is 36.4 Å². The molecule has 9 heteroatoms. The predicted molar refractivity (Wildman–Crippen MR) is 154 cm³/mol. The Bertz CT molecular complexity index is 1170. The highest BCUT2D eigenvalue weighted by Gasteiger charge is 2.72. The van der Waals surface area contributed by atoms with Crippen LogP contribution in [-0.4, -0.2) is 77.5 Å². The van der Waals surface area contributed by atoms with Crippen LogP contribution >= 0.6 is 11.6 Å². The summed E-state index contributed by atoms with van der Waals surface area (Å²) in [7, 11) is 0. The normalized spacial score (nSPS) is 36.7. The molecule has 40 heavy (non-hydrogen) atoms. The van der Waals surface area contributed by atoms with Crippen molar-refractivity contribution in [3.63, 3.8) is 0 Å². The molecule has 1 spiro atoms. The number of ether oxygens (including phenoxy) is 1. The van der Waals surface area contributed by atoms with E-state index in [-0.39, 0.29) is 23.8 Å². The van der Waals surface area contributed by atoms with E-state index in [4.69, 9.17) is 16.3 Å². The quantitative estimate of drug-likeness (QED) is 0.465. The third kappa shape index (κ3) is 4.86. The van der Waals surface area contributed by atoms with Crippen LogP contribution in [0.25, 0.3) is 0 Å². The van der Waals surface area contributed by atoms with Gasteiger partial charge in [-0.3, -0.25) is 14.4 Å². The van der Waals surface area contributed by atoms with Crippen molar-refractivity contribution in [1.82, 2.24) is 15.1 Å². The van der Waals surface area contributed by atoms with Crippen molar-refractivity contribution < 1.29 is 19.1 Å². The zero-order valence-corrected chi connectivity index (χ0v) is 24.2. The number of hydrogen-bond acceptors (Lipinski definition) is 5. The van der Waals surface area contributed by atoms with Crippen molar-refractivity contribution in [2.45, 2.75) is 76.2 Å². The van der Waals surface area contributed by atoms with E-state index in [0.717, 1.165) is 38.9 Å². The zero-order chi connectivity index (χ0) is 28.0. The van der Waals surface area contributed by atoms with Gasteiger partial charge in [-0.25, -0.2) is 0 Å². The Hall–Kier alpha value is -2.42. The van der Waals surface area contributed by atoms with E-state index in [1.165, 1.54) is 19.3 Å². The molecule has 0 radical (unpaired) electrons. The molecule has 4 heterocycles. The number of anilines is 1. The van der Waals surface area contributed by atoms with E-state index < -0.39 is 29.6 Å². The number of carbonyl (C=O) groups excluding carboxylic acids is 3. The number of amides is 3. The Morgan fingerprint density at radius 1 is 1.05 bits per heavy atom. The summed E-state index contributed by atoms with van der Waals surface area (Å²) < 4.78 is 6.50. The van der Waals surface area contributed by atoms with Gasteiger partial charge in [0, 0.05) is 23.3 Å². The number of halogens is 1. The van der Waals surface area contributed by atoms with Crippen LogP contribution in [0.2, 0.25) is 5.02 Å². The van der Waals surface area contributed by atoms with E-state index in [0.29, 0.717) is 29.1 Å². The number of rotatable bonds is 8. The van der Waals surface area contributed by atoms with E-state index in [9.17, 15) is 14.4 Å². The van der Waals surface area contributed by atoms with Crippen molar-refractivity contribution in [3.05, 3.63) is 41.4 Å². The third-order valence-electron chi connectivity index (χ3n) is 10.1. The molecule has 8 nitrogen and oxygen atoms in total. The van der Waals surface area contributed by atoms with Gasteiger partial charge < -0.3 is 25.2 Å². The standard InChI is InChI=1S/C31H41ClN4O4/c1-19-7-5-8-23(20(19)2)34-29(38)27-31-14-13-24(40-31)25(28(37)33-22-11-9-21(32)10-12-22)26(31)30(39)36(27)18-6-17-35-15-3-4-16-35/h9-14,19-20,23-27H,3-8,15-18H2,1-2H3,(H,33,37)(H,34,38)/t19?,20?,23?,24-,25?,26-,27?,31?/m1/s1. The lowest BCUT2D eigenvalue weighted by molar-refractivity contribution is -0.141. The first-order chi connectivity index (χ1) is 19.3. The topological polar surface area (TPSA) is 91.0 Å². The maximum atomic E-state index is 14.2. The molecule has 0 aromatic heterocycles. The van der Waals surface area contributed by atoms with E-state index >= 15 is 0 Å². The van der Waals surface area contributed by atoms with Crippen molar-refractivity contribution >= 4 is 35.0 Å². The number of hydrogen-bond donors (Lipinski definition) is 2. The minimum absolute atomic E-state index is 0.0693. The highest BCUT2D eigenvalue weighted by atomic mass is 35.5. The summed E-state index contributed by atoms with van der Waals surface area (Å²) in [6, 6.07) is 6.19. The molecule has 3 saturated heterocycles. The molecule has 5 aliphatic rings. The monoisotopic (exact) mass is 568 g/mol. The molecule has 4 fully saturated rings. The van der Waals surface area contributed by atoms with Gasteiger partial charge in [0.15, 0.2) is 0 Å². The Labute approximate surface area is 241 Å². The largest absolute Gasteiger partial charge is 0.359 e. The number of fused-ring (bicyclic) bond motifs is 1. The van der Waals surface area contributed by atoms with Gasteiger partial charge in [0.2, 0.25) is 17.7 Å². The number of likely N-dealkylation sites (tertiary alicyclic amines) is 2. The average molecular weight is 569 g/mol. The van der Waals surface area contributed by atoms with Crippen LogP contribution in [0.3, 0.4) is 0 Å². The van der Waals surface area contributed by atoms with Gasteiger partial charge in [0.05, 0.1) is 17.9 Å². The fourth-order valence-corrected chi connectivity index (χ4v) is 7.91. The van der Waals surface area contributed by atoms with Crippen molar-refractivity contribution in [1.29, 1.82) is 0 Å². The van der Waals surface area contributed by atoms with Crippen LogP contribution in [0.1, 0.15) is 52.4 Å². The number of nitrogens with one attached hydrogen (secondary N) is 2. The summed E-state index contributed by atoms with van der Waals surface area (Å²) in [5.41, 5.74) is -0.525. The molecule has 1 aromatic carbocycles. The van der Waals surface area contributed by atoms with Gasteiger partial charge in [-0.05, 0) is 81.4 Å². The smallest absolute Gasteiger partial charge is 0.246 e. The Morgan fingerprint density at radius 3 is 2.55 bits per heavy atom. The van der Waals surface area contributed by atoms with E-state index in [2.05, 4.69) is 29.4 Å². The SMILES string of the molecule is CC1CCCC(NC(=O)C2N(CCCN3CCCC3)C(=O)[C@H]3C(C(=O)Nc4ccc(Cl)cc4)[C@H]4C=CC23O4)C1C. The zero-order valence-electron chi connectivity index (χ0n) is 23.5. The van der Waals surface area contributed by atoms with Crippen LogP contribution in [-0.2, 0) is 19.1 Å². The highest BCUT2D eigenvalue weighted by Crippen LogP contribution is 2.55. The molecule has 1 saturated carbocycles. The maximum Gasteiger partial charge on any atom is 0.246 e. The maximum absolute atomic E-state index is 14.2. The minimum atomic E-state index is -1.13. The Kier molecular flexibility index (Phi) is 7.70. The molecule has 2 bridgehead atoms. The summed E-state index contributed by atoms with van der Waals surface area (Å²) in [5, 5.41) is 6.86. The Morgan fingerprint density at radius 2 is 1.80 bits per heavy atom. The van der Waals surface area contributed by atoms with E-state index in [1.54, 1.807) is 29.2 Å². The first-order valence-electron chi connectivity index (χ1n) is 15.1. The molecule has 3 amide bonds. The van der Waals surface area contributed by atoms with Gasteiger partial charge in [-0.15, -0.1) is 0 Å². The van der Waals surface area contributed by atoms with E-state index in [1.807, 2.05) is 12.2 Å². The average Bonchev–Trinajstić information content (AvgIpc) is 3.71. The second-order valence-corrected chi connectivity index (χ2v) is 13.0. The molecular formula is C31H41ClN4O4. The molecule has 1 aromatic rings. The van der Waals surface area contributed by atoms with Crippen molar-refractivity contribution in [2.24, 2.45) is 23.7 Å². The molecule has 8 atom stereocenters. The molecule has 6 unspecified atom stereocenters. The second kappa shape index (κ2) is 11.1. The number of benzene rings is 1. The van der Waals surface area contributed by atoms with Gasteiger partial charge in [-0.2, -0.15) is 0 Å². The summed E-state index contributed by atoms with van der Waals surface area (Å²) in [6.45, 7) is 7.99. The molecule has 4 aliphatic heterocycles. The lowest BCUT2D eigenvalue weighted by Crippen LogP contribution is -2.58. The van der Waals surface area contributed by atoms with Crippen molar-refractivity contribution in [2.75, 3.05) is 31.5 Å². The first-order valence-corrected chi connectivity index (χ1v) is 15.4. The lowest BCUT2D eigenvalue weighted by Gasteiger charge is -2.38. The number of carbonyl (C=O) groups is 3. The Balaban J connectivity index is 1.25. The van der Waals surface area contributed by atoms with Crippen LogP contribution in [0, 0.1) is 23.7 Å². The molecule has 2 N–H and O–H groups in total. The second-order valence-electron chi connectivity index (χ2n) is 12.5. The third-order valence-corrected chi connectivity index (χ3v) is 10.4. The summed E-state index contributed by atoms with van der Waals surface area (Å²) in [6.07, 6.45) is 9.61. The van der Waals surface area contributed by atoms with Gasteiger partial charge in [0.1, 0.15) is 11.6 Å². The molecular weight excluding hydrogens is 528 g/mol.